The molecule has 0 aliphatic rings. The van der Waals surface area contributed by atoms with E-state index < -0.39 is 8.80 Å². The first-order valence-electron chi connectivity index (χ1n) is 5.92. The summed E-state index contributed by atoms with van der Waals surface area (Å²) in [6.45, 7) is 0.988. The smallest absolute Gasteiger partial charge is 0.373 e. The Balaban J connectivity index is 2.94. The van der Waals surface area contributed by atoms with E-state index in [2.05, 4.69) is 33.3 Å². The van der Waals surface area contributed by atoms with E-state index in [1.165, 1.54) is 5.56 Å². The molecule has 0 atom stereocenters. The summed E-state index contributed by atoms with van der Waals surface area (Å²) in [5.41, 5.74) is 1.29. The molecule has 0 bridgehead atoms. The lowest BCUT2D eigenvalue weighted by Crippen LogP contribution is -2.54. The van der Waals surface area contributed by atoms with Gasteiger partial charge in [0.15, 0.2) is 0 Å². The van der Waals surface area contributed by atoms with Gasteiger partial charge in [-0.25, -0.2) is 0 Å². The summed E-state index contributed by atoms with van der Waals surface area (Å²) < 4.78 is 17.3. The molecular weight excluding hydrogens is 246 g/mol. The zero-order chi connectivity index (χ0) is 13.8. The van der Waals surface area contributed by atoms with Crippen LogP contribution in [0.2, 0.25) is 0 Å². The fourth-order valence-electron chi connectivity index (χ4n) is 1.97. The van der Waals surface area contributed by atoms with E-state index in [0.717, 1.165) is 16.2 Å². The van der Waals surface area contributed by atoms with Gasteiger partial charge in [-0.05, 0) is 0 Å². The Morgan fingerprint density at radius 2 is 1.33 bits per heavy atom. The Morgan fingerprint density at radius 1 is 0.889 bits per heavy atom. The number of quaternary nitrogens is 1. The first-order valence-corrected chi connectivity index (χ1v) is 7.64. The number of hydrogen-bond donors (Lipinski definition) is 0. The highest BCUT2D eigenvalue weighted by atomic mass is 28.4. The SMILES string of the molecule is CO[Si](OC)(OC)c1ccc(C[N+](C)(C)C)cc1. The Bertz CT molecular complexity index is 361. The first kappa shape index (κ1) is 15.3. The molecule has 1 rings (SSSR count). The van der Waals surface area contributed by atoms with Crippen molar-refractivity contribution >= 4 is 14.0 Å². The van der Waals surface area contributed by atoms with Gasteiger partial charge >= 0.3 is 8.80 Å². The van der Waals surface area contributed by atoms with Crippen LogP contribution in [0.25, 0.3) is 0 Å². The van der Waals surface area contributed by atoms with E-state index >= 15 is 0 Å². The second kappa shape index (κ2) is 5.95. The highest BCUT2D eigenvalue weighted by molar-refractivity contribution is 6.75. The predicted molar refractivity (Wildman–Crippen MR) is 74.6 cm³/mol. The van der Waals surface area contributed by atoms with Gasteiger partial charge in [-0.2, -0.15) is 0 Å². The lowest BCUT2D eigenvalue weighted by atomic mass is 10.2. The van der Waals surface area contributed by atoms with Crippen molar-refractivity contribution in [1.29, 1.82) is 0 Å². The van der Waals surface area contributed by atoms with E-state index in [1.54, 1.807) is 21.3 Å². The van der Waals surface area contributed by atoms with Gasteiger partial charge in [-0.3, -0.25) is 0 Å². The van der Waals surface area contributed by atoms with Gasteiger partial charge in [0.1, 0.15) is 6.54 Å². The Kier molecular flexibility index (Phi) is 5.07. The standard InChI is InChI=1S/C13H24NO3Si/c1-14(2,3)11-12-7-9-13(10-8-12)18(15-4,16-5)17-6/h7-10H,11H2,1-6H3/q+1. The molecule has 0 amide bonds. The lowest BCUT2D eigenvalue weighted by molar-refractivity contribution is -0.884. The average molecular weight is 270 g/mol. The van der Waals surface area contributed by atoms with Crippen molar-refractivity contribution < 1.29 is 17.8 Å². The van der Waals surface area contributed by atoms with Crippen molar-refractivity contribution in [3.63, 3.8) is 0 Å². The zero-order valence-corrected chi connectivity index (χ0v) is 13.2. The minimum Gasteiger partial charge on any atom is -0.373 e. The van der Waals surface area contributed by atoms with Crippen LogP contribution in [0.5, 0.6) is 0 Å². The summed E-state index contributed by atoms with van der Waals surface area (Å²) in [5, 5.41) is 0.986. The van der Waals surface area contributed by atoms with Crippen LogP contribution >= 0.6 is 0 Å². The summed E-state index contributed by atoms with van der Waals surface area (Å²) in [5.74, 6) is 0. The minimum absolute atomic E-state index is 0.904. The van der Waals surface area contributed by atoms with E-state index in [0.29, 0.717) is 0 Å². The summed E-state index contributed by atoms with van der Waals surface area (Å²) in [6, 6.07) is 8.29. The van der Waals surface area contributed by atoms with Gasteiger partial charge in [0.2, 0.25) is 0 Å². The molecule has 1 aromatic carbocycles. The fraction of sp³-hybridized carbons (Fsp3) is 0.538. The van der Waals surface area contributed by atoms with Crippen LogP contribution in [0.3, 0.4) is 0 Å². The Labute approximate surface area is 111 Å². The van der Waals surface area contributed by atoms with E-state index in [1.807, 2.05) is 12.1 Å². The number of hydrogen-bond acceptors (Lipinski definition) is 3. The summed E-state index contributed by atoms with van der Waals surface area (Å²) in [6.07, 6.45) is 0. The maximum absolute atomic E-state index is 5.45. The number of benzene rings is 1. The van der Waals surface area contributed by atoms with Crippen molar-refractivity contribution in [1.82, 2.24) is 0 Å². The van der Waals surface area contributed by atoms with E-state index in [4.69, 9.17) is 13.3 Å². The van der Waals surface area contributed by atoms with E-state index in [-0.39, 0.29) is 0 Å². The molecule has 0 saturated carbocycles. The Morgan fingerprint density at radius 3 is 1.67 bits per heavy atom. The van der Waals surface area contributed by atoms with Crippen LogP contribution in [0, 0.1) is 0 Å². The van der Waals surface area contributed by atoms with Gasteiger partial charge in [0.05, 0.1) is 21.1 Å². The molecule has 102 valence electrons. The molecule has 0 aliphatic heterocycles. The third-order valence-electron chi connectivity index (χ3n) is 2.77. The van der Waals surface area contributed by atoms with Gasteiger partial charge in [0, 0.05) is 32.1 Å². The third-order valence-corrected chi connectivity index (χ3v) is 5.42. The van der Waals surface area contributed by atoms with Crippen molar-refractivity contribution in [2.75, 3.05) is 42.5 Å². The first-order chi connectivity index (χ1) is 8.37. The van der Waals surface area contributed by atoms with Gasteiger partial charge in [-0.1, -0.05) is 24.3 Å². The molecule has 0 fully saturated rings. The molecule has 0 saturated heterocycles. The molecule has 1 aromatic rings. The molecule has 0 aromatic heterocycles. The van der Waals surface area contributed by atoms with E-state index in [9.17, 15) is 0 Å². The van der Waals surface area contributed by atoms with Crippen LogP contribution in [0.15, 0.2) is 24.3 Å². The number of nitrogens with zero attached hydrogens (tertiary/aromatic N) is 1. The monoisotopic (exact) mass is 270 g/mol. The molecule has 0 N–H and O–H groups in total. The van der Waals surface area contributed by atoms with Gasteiger partial charge in [0.25, 0.3) is 0 Å². The molecule has 4 nitrogen and oxygen atoms in total. The quantitative estimate of drug-likeness (QED) is 0.570. The second-order valence-electron chi connectivity index (χ2n) is 5.31. The minimum atomic E-state index is -2.68. The predicted octanol–water partition coefficient (Wildman–Crippen LogP) is 0.978. The van der Waals surface area contributed by atoms with Gasteiger partial charge < -0.3 is 17.8 Å². The maximum Gasteiger partial charge on any atom is 0.536 e. The largest absolute Gasteiger partial charge is 0.536 e. The molecule has 0 spiro atoms. The topological polar surface area (TPSA) is 27.7 Å². The maximum atomic E-state index is 5.45. The average Bonchev–Trinajstić information content (AvgIpc) is 2.32. The summed E-state index contributed by atoms with van der Waals surface area (Å²) >= 11 is 0. The van der Waals surface area contributed by atoms with Crippen LogP contribution in [0.4, 0.5) is 0 Å². The zero-order valence-electron chi connectivity index (χ0n) is 12.2. The lowest BCUT2D eigenvalue weighted by Gasteiger charge is -2.26. The van der Waals surface area contributed by atoms with Crippen LogP contribution < -0.4 is 5.19 Å². The summed E-state index contributed by atoms with van der Waals surface area (Å²) in [4.78, 5) is 0. The normalized spacial score (nSPS) is 12.8. The molecular formula is C13H24NO3Si+. The van der Waals surface area contributed by atoms with Crippen molar-refractivity contribution in [2.45, 2.75) is 6.54 Å². The summed E-state index contributed by atoms with van der Waals surface area (Å²) in [7, 11) is 8.71. The molecule has 18 heavy (non-hydrogen) atoms. The highest BCUT2D eigenvalue weighted by Crippen LogP contribution is 2.10. The molecule has 5 heteroatoms. The van der Waals surface area contributed by atoms with Crippen LogP contribution in [-0.4, -0.2) is 55.8 Å². The van der Waals surface area contributed by atoms with Crippen LogP contribution in [0.1, 0.15) is 5.56 Å². The molecule has 0 heterocycles. The van der Waals surface area contributed by atoms with Gasteiger partial charge in [-0.15, -0.1) is 0 Å². The Hall–Kier alpha value is -0.723. The van der Waals surface area contributed by atoms with Crippen molar-refractivity contribution in [2.24, 2.45) is 0 Å². The van der Waals surface area contributed by atoms with Crippen molar-refractivity contribution in [3.8, 4) is 0 Å². The molecule has 0 radical (unpaired) electrons. The molecule has 0 unspecified atom stereocenters. The number of rotatable bonds is 6. The second-order valence-corrected chi connectivity index (χ2v) is 8.23. The van der Waals surface area contributed by atoms with Crippen molar-refractivity contribution in [3.05, 3.63) is 29.8 Å². The van der Waals surface area contributed by atoms with Crippen LogP contribution in [-0.2, 0) is 19.8 Å². The fourth-order valence-corrected chi connectivity index (χ4v) is 3.75. The third kappa shape index (κ3) is 3.63. The molecule has 0 aliphatic carbocycles. The highest BCUT2D eigenvalue weighted by Gasteiger charge is 2.40.